The first-order valence-corrected chi connectivity index (χ1v) is 8.26. The number of hydrogen-bond donors (Lipinski definition) is 1. The number of halogens is 1. The summed E-state index contributed by atoms with van der Waals surface area (Å²) in [6.45, 7) is 1.86. The van der Waals surface area contributed by atoms with Gasteiger partial charge in [0, 0.05) is 6.42 Å². The molecule has 0 saturated carbocycles. The van der Waals surface area contributed by atoms with E-state index in [9.17, 15) is 9.18 Å². The molecule has 0 saturated heterocycles. The molecule has 1 heterocycles. The van der Waals surface area contributed by atoms with Crippen LogP contribution in [-0.2, 0) is 17.6 Å². The lowest BCUT2D eigenvalue weighted by atomic mass is 9.96. The topological polar surface area (TPSA) is 76.1 Å². The molecule has 0 bridgehead atoms. The fourth-order valence-corrected chi connectivity index (χ4v) is 2.93. The fraction of sp³-hybridized carbons (Fsp3) is 0.300. The summed E-state index contributed by atoms with van der Waals surface area (Å²) >= 11 is 0. The highest BCUT2D eigenvalue weighted by Crippen LogP contribution is 2.32. The number of nitriles is 1. The van der Waals surface area contributed by atoms with E-state index >= 15 is 0 Å². The highest BCUT2D eigenvalue weighted by Gasteiger charge is 2.22. The molecule has 2 aromatic carbocycles. The van der Waals surface area contributed by atoms with Crippen molar-refractivity contribution in [3.05, 3.63) is 53.3 Å². The van der Waals surface area contributed by atoms with Crippen molar-refractivity contribution in [1.82, 2.24) is 0 Å². The van der Waals surface area contributed by atoms with Crippen molar-refractivity contribution in [2.24, 2.45) is 11.7 Å². The highest BCUT2D eigenvalue weighted by molar-refractivity contribution is 5.77. The molecular weight excluding hydrogens is 319 g/mol. The molecule has 0 aromatic heterocycles. The van der Waals surface area contributed by atoms with Gasteiger partial charge in [-0.15, -0.1) is 0 Å². The third-order valence-corrected chi connectivity index (χ3v) is 4.51. The van der Waals surface area contributed by atoms with Crippen LogP contribution in [0.2, 0.25) is 0 Å². The minimum atomic E-state index is -0.718. The molecular formula is C20H19FN2O2. The molecule has 3 rings (SSSR count). The summed E-state index contributed by atoms with van der Waals surface area (Å²) in [5, 5.41) is 8.76. The maximum Gasteiger partial charge on any atom is 0.314 e. The minimum absolute atomic E-state index is 0.128. The average molecular weight is 338 g/mol. The molecule has 4 nitrogen and oxygen atoms in total. The van der Waals surface area contributed by atoms with Crippen LogP contribution in [0.25, 0.3) is 11.1 Å². The molecule has 128 valence electrons. The molecule has 2 N–H and O–H groups in total. The van der Waals surface area contributed by atoms with Crippen LogP contribution < -0.4 is 10.5 Å². The van der Waals surface area contributed by atoms with E-state index in [1.807, 2.05) is 31.2 Å². The van der Waals surface area contributed by atoms with Gasteiger partial charge >= 0.3 is 5.97 Å². The first-order valence-electron chi connectivity index (χ1n) is 8.26. The monoisotopic (exact) mass is 338 g/mol. The maximum atomic E-state index is 14.3. The molecule has 0 radical (unpaired) electrons. The van der Waals surface area contributed by atoms with Gasteiger partial charge in [-0.25, -0.2) is 4.39 Å². The van der Waals surface area contributed by atoms with Gasteiger partial charge in [0.15, 0.2) is 0 Å². The van der Waals surface area contributed by atoms with Gasteiger partial charge in [0.1, 0.15) is 11.6 Å². The van der Waals surface area contributed by atoms with Crippen LogP contribution >= 0.6 is 0 Å². The number of fused-ring (bicyclic) bond motifs is 1. The summed E-state index contributed by atoms with van der Waals surface area (Å²) in [4.78, 5) is 11.8. The van der Waals surface area contributed by atoms with Crippen molar-refractivity contribution in [3.63, 3.8) is 0 Å². The van der Waals surface area contributed by atoms with Crippen molar-refractivity contribution in [1.29, 1.82) is 5.26 Å². The first kappa shape index (κ1) is 17.1. The van der Waals surface area contributed by atoms with Crippen molar-refractivity contribution in [3.8, 4) is 22.9 Å². The number of esters is 1. The molecule has 2 aromatic rings. The number of nitrogens with two attached hydrogens (primary N) is 1. The number of benzene rings is 2. The van der Waals surface area contributed by atoms with E-state index in [1.54, 1.807) is 12.1 Å². The lowest BCUT2D eigenvalue weighted by Gasteiger charge is -2.10. The standard InChI is InChI=1S/C20H19FN2O2/c1-12-2-3-16-8-13(6-7-19(16)25-20(12)24)14-4-5-15(18(21)10-14)9-17(23)11-22/h4-8,10,12,17H,2-3,9,23H2,1H3/t12?,17-/m0/s1. The summed E-state index contributed by atoms with van der Waals surface area (Å²) in [7, 11) is 0. The number of ether oxygens (including phenoxy) is 1. The minimum Gasteiger partial charge on any atom is -0.426 e. The largest absolute Gasteiger partial charge is 0.426 e. The first-order chi connectivity index (χ1) is 12.0. The van der Waals surface area contributed by atoms with E-state index in [0.29, 0.717) is 11.3 Å². The zero-order valence-electron chi connectivity index (χ0n) is 14.0. The van der Waals surface area contributed by atoms with E-state index in [0.717, 1.165) is 29.5 Å². The SMILES string of the molecule is CC1CCc2cc(-c3ccc(C[C@H](N)C#N)c(F)c3)ccc2OC1=O. The summed E-state index contributed by atoms with van der Waals surface area (Å²) in [6, 6.07) is 11.6. The van der Waals surface area contributed by atoms with Crippen molar-refractivity contribution < 1.29 is 13.9 Å². The zero-order valence-corrected chi connectivity index (χ0v) is 14.0. The second-order valence-corrected chi connectivity index (χ2v) is 6.43. The number of hydrogen-bond acceptors (Lipinski definition) is 4. The van der Waals surface area contributed by atoms with Gasteiger partial charge in [-0.3, -0.25) is 4.79 Å². The van der Waals surface area contributed by atoms with E-state index in [2.05, 4.69) is 0 Å². The number of carbonyl (C=O) groups excluding carboxylic acids is 1. The number of carbonyl (C=O) groups is 1. The second kappa shape index (κ2) is 7.04. The molecule has 2 atom stereocenters. The van der Waals surface area contributed by atoms with Gasteiger partial charge in [0.25, 0.3) is 0 Å². The summed E-state index contributed by atoms with van der Waals surface area (Å²) in [5.41, 5.74) is 8.54. The van der Waals surface area contributed by atoms with Gasteiger partial charge in [-0.2, -0.15) is 5.26 Å². The van der Waals surface area contributed by atoms with Crippen molar-refractivity contribution >= 4 is 5.97 Å². The Kier molecular flexibility index (Phi) is 4.82. The van der Waals surface area contributed by atoms with Gasteiger partial charge in [-0.1, -0.05) is 25.1 Å². The molecule has 1 aliphatic rings. The van der Waals surface area contributed by atoms with Crippen LogP contribution in [0.3, 0.4) is 0 Å². The molecule has 5 heteroatoms. The second-order valence-electron chi connectivity index (χ2n) is 6.43. The van der Waals surface area contributed by atoms with Crippen LogP contribution in [0.4, 0.5) is 4.39 Å². The van der Waals surface area contributed by atoms with Gasteiger partial charge < -0.3 is 10.5 Å². The molecule has 0 aliphatic carbocycles. The Hall–Kier alpha value is -2.71. The average Bonchev–Trinajstić information content (AvgIpc) is 2.75. The Bertz CT molecular complexity index is 857. The van der Waals surface area contributed by atoms with Crippen LogP contribution in [0.5, 0.6) is 5.75 Å². The third kappa shape index (κ3) is 3.70. The zero-order chi connectivity index (χ0) is 18.0. The van der Waals surface area contributed by atoms with E-state index in [-0.39, 0.29) is 24.1 Å². The van der Waals surface area contributed by atoms with Crippen LogP contribution in [0, 0.1) is 23.1 Å². The predicted octanol–water partition coefficient (Wildman–Crippen LogP) is 3.37. The molecule has 0 spiro atoms. The van der Waals surface area contributed by atoms with Gasteiger partial charge in [0.2, 0.25) is 0 Å². The van der Waals surface area contributed by atoms with Crippen LogP contribution in [0.15, 0.2) is 36.4 Å². The smallest absolute Gasteiger partial charge is 0.314 e. The van der Waals surface area contributed by atoms with E-state index < -0.39 is 6.04 Å². The van der Waals surface area contributed by atoms with Gasteiger partial charge in [0.05, 0.1) is 18.0 Å². The normalized spacial score (nSPS) is 17.8. The van der Waals surface area contributed by atoms with E-state index in [4.69, 9.17) is 15.7 Å². The fourth-order valence-electron chi connectivity index (χ4n) is 2.93. The number of nitrogens with zero attached hydrogens (tertiary/aromatic N) is 1. The predicted molar refractivity (Wildman–Crippen MR) is 92.2 cm³/mol. The van der Waals surface area contributed by atoms with Gasteiger partial charge in [-0.05, 0) is 53.3 Å². The Balaban J connectivity index is 1.89. The quantitative estimate of drug-likeness (QED) is 0.687. The highest BCUT2D eigenvalue weighted by atomic mass is 19.1. The van der Waals surface area contributed by atoms with Crippen molar-refractivity contribution in [2.45, 2.75) is 32.2 Å². The lowest BCUT2D eigenvalue weighted by Crippen LogP contribution is -2.20. The summed E-state index contributed by atoms with van der Waals surface area (Å²) in [6.07, 6.45) is 1.66. The third-order valence-electron chi connectivity index (χ3n) is 4.51. The lowest BCUT2D eigenvalue weighted by molar-refractivity contribution is -0.138. The summed E-state index contributed by atoms with van der Waals surface area (Å²) in [5.74, 6) is -0.138. The molecule has 25 heavy (non-hydrogen) atoms. The Labute approximate surface area is 146 Å². The molecule has 0 amide bonds. The number of aryl methyl sites for hydroxylation is 1. The molecule has 1 unspecified atom stereocenters. The van der Waals surface area contributed by atoms with Crippen LogP contribution in [0.1, 0.15) is 24.5 Å². The maximum absolute atomic E-state index is 14.3. The van der Waals surface area contributed by atoms with E-state index in [1.165, 1.54) is 6.07 Å². The molecule has 0 fully saturated rings. The Morgan fingerprint density at radius 3 is 2.76 bits per heavy atom. The molecule has 1 aliphatic heterocycles. The Morgan fingerprint density at radius 1 is 1.32 bits per heavy atom. The number of rotatable bonds is 3. The summed E-state index contributed by atoms with van der Waals surface area (Å²) < 4.78 is 19.7. The van der Waals surface area contributed by atoms with Crippen LogP contribution in [-0.4, -0.2) is 12.0 Å². The Morgan fingerprint density at radius 2 is 2.04 bits per heavy atom. The van der Waals surface area contributed by atoms with Crippen molar-refractivity contribution in [2.75, 3.05) is 0 Å².